The van der Waals surface area contributed by atoms with Gasteiger partial charge < -0.3 is 4.90 Å². The fourth-order valence-electron chi connectivity index (χ4n) is 2.15. The second kappa shape index (κ2) is 5.28. The monoisotopic (exact) mass is 271 g/mol. The van der Waals surface area contributed by atoms with Gasteiger partial charge in [-0.1, -0.05) is 17.7 Å². The lowest BCUT2D eigenvalue weighted by Crippen LogP contribution is -2.29. The first-order chi connectivity index (χ1) is 8.13. The Morgan fingerprint density at radius 2 is 2.29 bits per heavy atom. The molecule has 0 aromatic heterocycles. The molecule has 1 unspecified atom stereocenters. The minimum Gasteiger partial charge on any atom is -0.338 e. The smallest absolute Gasteiger partial charge is 0.254 e. The van der Waals surface area contributed by atoms with Crippen molar-refractivity contribution in [1.29, 1.82) is 0 Å². The predicted molar refractivity (Wildman–Crippen MR) is 70.9 cm³/mol. The normalized spacial score (nSPS) is 19.7. The first-order valence-corrected chi connectivity index (χ1v) is 6.65. The molecule has 1 amide bonds. The molecular weight excluding hydrogens is 257 g/mol. The summed E-state index contributed by atoms with van der Waals surface area (Å²) in [7, 11) is 0. The number of carbonyl (C=O) groups is 1. The number of nitrogens with zero attached hydrogens (tertiary/aromatic N) is 1. The molecule has 1 heterocycles. The maximum Gasteiger partial charge on any atom is 0.254 e. The van der Waals surface area contributed by atoms with Gasteiger partial charge in [-0.15, -0.1) is 11.6 Å². The summed E-state index contributed by atoms with van der Waals surface area (Å²) in [6.07, 6.45) is 0.995. The molecule has 0 saturated carbocycles. The van der Waals surface area contributed by atoms with E-state index in [0.29, 0.717) is 22.4 Å². The van der Waals surface area contributed by atoms with Crippen molar-refractivity contribution in [3.63, 3.8) is 0 Å². The van der Waals surface area contributed by atoms with Gasteiger partial charge in [-0.2, -0.15) is 0 Å². The molecule has 0 radical (unpaired) electrons. The number of hydrogen-bond acceptors (Lipinski definition) is 1. The quantitative estimate of drug-likeness (QED) is 0.756. The molecule has 2 nitrogen and oxygen atoms in total. The Kier molecular flexibility index (Phi) is 3.95. The summed E-state index contributed by atoms with van der Waals surface area (Å²) >= 11 is 11.8. The van der Waals surface area contributed by atoms with Crippen molar-refractivity contribution in [2.75, 3.05) is 19.0 Å². The van der Waals surface area contributed by atoms with Crippen LogP contribution in [0.25, 0.3) is 0 Å². The van der Waals surface area contributed by atoms with E-state index < -0.39 is 0 Å². The molecular formula is C13H15Cl2NO. The molecule has 1 atom stereocenters. The fourth-order valence-corrected chi connectivity index (χ4v) is 2.58. The van der Waals surface area contributed by atoms with Crippen LogP contribution in [-0.4, -0.2) is 29.8 Å². The summed E-state index contributed by atoms with van der Waals surface area (Å²) in [6.45, 7) is 3.43. The van der Waals surface area contributed by atoms with Gasteiger partial charge in [0.1, 0.15) is 0 Å². The maximum atomic E-state index is 12.3. The second-order valence-corrected chi connectivity index (χ2v) is 5.19. The Hall–Kier alpha value is -0.730. The molecule has 0 aliphatic carbocycles. The number of amides is 1. The van der Waals surface area contributed by atoms with E-state index >= 15 is 0 Å². The lowest BCUT2D eigenvalue weighted by atomic mass is 10.1. The van der Waals surface area contributed by atoms with Gasteiger partial charge in [0.15, 0.2) is 0 Å². The van der Waals surface area contributed by atoms with E-state index in [1.54, 1.807) is 6.07 Å². The highest BCUT2D eigenvalue weighted by molar-refractivity contribution is 6.31. The molecule has 1 saturated heterocycles. The van der Waals surface area contributed by atoms with Gasteiger partial charge in [-0.05, 0) is 37.0 Å². The van der Waals surface area contributed by atoms with Gasteiger partial charge in [0.25, 0.3) is 5.91 Å². The Labute approximate surface area is 112 Å². The number of halogens is 2. The Balaban J connectivity index is 2.18. The third kappa shape index (κ3) is 2.58. The van der Waals surface area contributed by atoms with Gasteiger partial charge >= 0.3 is 0 Å². The van der Waals surface area contributed by atoms with Crippen LogP contribution in [0, 0.1) is 12.8 Å². The molecule has 1 fully saturated rings. The van der Waals surface area contributed by atoms with Crippen LogP contribution in [0.5, 0.6) is 0 Å². The third-order valence-electron chi connectivity index (χ3n) is 3.29. The molecule has 1 aliphatic heterocycles. The van der Waals surface area contributed by atoms with Crippen molar-refractivity contribution >= 4 is 29.1 Å². The van der Waals surface area contributed by atoms with Gasteiger partial charge in [-0.25, -0.2) is 0 Å². The zero-order chi connectivity index (χ0) is 12.4. The first-order valence-electron chi connectivity index (χ1n) is 5.74. The highest BCUT2D eigenvalue weighted by Crippen LogP contribution is 2.24. The van der Waals surface area contributed by atoms with Crippen LogP contribution in [0.15, 0.2) is 18.2 Å². The molecule has 1 aliphatic rings. The van der Waals surface area contributed by atoms with Gasteiger partial charge in [0.05, 0.1) is 0 Å². The highest BCUT2D eigenvalue weighted by Gasteiger charge is 2.27. The molecule has 0 bridgehead atoms. The number of benzene rings is 1. The average molecular weight is 272 g/mol. The van der Waals surface area contributed by atoms with Gasteiger partial charge in [0.2, 0.25) is 0 Å². The molecule has 4 heteroatoms. The van der Waals surface area contributed by atoms with Crippen LogP contribution in [0.4, 0.5) is 0 Å². The Morgan fingerprint density at radius 1 is 1.53 bits per heavy atom. The minimum absolute atomic E-state index is 0.0672. The topological polar surface area (TPSA) is 20.3 Å². The largest absolute Gasteiger partial charge is 0.338 e. The lowest BCUT2D eigenvalue weighted by Gasteiger charge is -2.17. The average Bonchev–Trinajstić information content (AvgIpc) is 2.80. The van der Waals surface area contributed by atoms with E-state index in [0.717, 1.165) is 25.1 Å². The van der Waals surface area contributed by atoms with E-state index in [2.05, 4.69) is 0 Å². The summed E-state index contributed by atoms with van der Waals surface area (Å²) in [6, 6.07) is 5.45. The van der Waals surface area contributed by atoms with Crippen molar-refractivity contribution in [3.8, 4) is 0 Å². The first kappa shape index (κ1) is 12.7. The van der Waals surface area contributed by atoms with E-state index in [-0.39, 0.29) is 5.91 Å². The van der Waals surface area contributed by atoms with Crippen LogP contribution >= 0.6 is 23.2 Å². The molecule has 0 spiro atoms. The second-order valence-electron chi connectivity index (χ2n) is 4.47. The lowest BCUT2D eigenvalue weighted by molar-refractivity contribution is 0.0787. The van der Waals surface area contributed by atoms with Crippen molar-refractivity contribution in [3.05, 3.63) is 34.3 Å². The highest BCUT2D eigenvalue weighted by atomic mass is 35.5. The summed E-state index contributed by atoms with van der Waals surface area (Å²) in [5.41, 5.74) is 1.56. The summed E-state index contributed by atoms with van der Waals surface area (Å²) in [4.78, 5) is 14.2. The number of carbonyl (C=O) groups excluding carboxylic acids is 1. The van der Waals surface area contributed by atoms with Crippen LogP contribution < -0.4 is 0 Å². The standard InChI is InChI=1S/C13H15Cl2NO/c1-9-11(3-2-4-12(9)15)13(17)16-6-5-10(7-14)8-16/h2-4,10H,5-8H2,1H3. The molecule has 0 N–H and O–H groups in total. The summed E-state index contributed by atoms with van der Waals surface area (Å²) in [5, 5.41) is 0.643. The minimum atomic E-state index is 0.0672. The van der Waals surface area contributed by atoms with Crippen LogP contribution in [0.3, 0.4) is 0 Å². The number of alkyl halides is 1. The van der Waals surface area contributed by atoms with Crippen molar-refractivity contribution in [1.82, 2.24) is 4.90 Å². The zero-order valence-electron chi connectivity index (χ0n) is 9.75. The van der Waals surface area contributed by atoms with Crippen LogP contribution in [0.2, 0.25) is 5.02 Å². The third-order valence-corrected chi connectivity index (χ3v) is 4.14. The van der Waals surface area contributed by atoms with E-state index in [1.165, 1.54) is 0 Å². The number of hydrogen-bond donors (Lipinski definition) is 0. The predicted octanol–water partition coefficient (Wildman–Crippen LogP) is 3.35. The summed E-state index contributed by atoms with van der Waals surface area (Å²) in [5.74, 6) is 1.12. The van der Waals surface area contributed by atoms with Crippen molar-refractivity contribution in [2.24, 2.45) is 5.92 Å². The van der Waals surface area contributed by atoms with Crippen LogP contribution in [0.1, 0.15) is 22.3 Å². The number of rotatable bonds is 2. The zero-order valence-corrected chi connectivity index (χ0v) is 11.3. The SMILES string of the molecule is Cc1c(Cl)cccc1C(=O)N1CCC(CCl)C1. The van der Waals surface area contributed by atoms with Gasteiger partial charge in [0, 0.05) is 29.6 Å². The van der Waals surface area contributed by atoms with E-state index in [1.807, 2.05) is 24.0 Å². The van der Waals surface area contributed by atoms with Crippen molar-refractivity contribution < 1.29 is 4.79 Å². The van der Waals surface area contributed by atoms with Crippen LogP contribution in [-0.2, 0) is 0 Å². The maximum absolute atomic E-state index is 12.3. The molecule has 2 rings (SSSR count). The van der Waals surface area contributed by atoms with Gasteiger partial charge in [-0.3, -0.25) is 4.79 Å². The molecule has 92 valence electrons. The molecule has 1 aromatic rings. The van der Waals surface area contributed by atoms with E-state index in [9.17, 15) is 4.79 Å². The van der Waals surface area contributed by atoms with E-state index in [4.69, 9.17) is 23.2 Å². The summed E-state index contributed by atoms with van der Waals surface area (Å²) < 4.78 is 0. The molecule has 17 heavy (non-hydrogen) atoms. The fraction of sp³-hybridized carbons (Fsp3) is 0.462. The Morgan fingerprint density at radius 3 is 2.94 bits per heavy atom. The molecule has 1 aromatic carbocycles. The Bertz CT molecular complexity index is 433. The number of likely N-dealkylation sites (tertiary alicyclic amines) is 1. The van der Waals surface area contributed by atoms with Crippen molar-refractivity contribution in [2.45, 2.75) is 13.3 Å².